The smallest absolute Gasteiger partial charge is 0.198 e. The van der Waals surface area contributed by atoms with E-state index in [1.54, 1.807) is 55.6 Å². The summed E-state index contributed by atoms with van der Waals surface area (Å²) in [5.41, 5.74) is 1.96. The Hall–Kier alpha value is -3.12. The van der Waals surface area contributed by atoms with Crippen molar-refractivity contribution in [3.05, 3.63) is 81.3 Å². The molecule has 0 bridgehead atoms. The molecule has 2 N–H and O–H groups in total. The quantitative estimate of drug-likeness (QED) is 0.467. The van der Waals surface area contributed by atoms with Gasteiger partial charge in [0.05, 0.1) is 29.6 Å². The predicted molar refractivity (Wildman–Crippen MR) is 105 cm³/mol. The van der Waals surface area contributed by atoms with Gasteiger partial charge in [0.25, 0.3) is 0 Å². The largest absolute Gasteiger partial charge is 0.507 e. The average Bonchev–Trinajstić information content (AvgIpc) is 2.68. The number of methoxy groups -OCH3 is 1. The molecule has 1 aliphatic rings. The second-order valence-corrected chi connectivity index (χ2v) is 6.91. The van der Waals surface area contributed by atoms with Crippen LogP contribution in [0.25, 0.3) is 0 Å². The number of halogens is 1. The number of nitrogens with one attached hydrogen (secondary N) is 1. The van der Waals surface area contributed by atoms with Crippen molar-refractivity contribution in [1.29, 1.82) is 0 Å². The lowest BCUT2D eigenvalue weighted by Gasteiger charge is -2.22. The van der Waals surface area contributed by atoms with Gasteiger partial charge >= 0.3 is 0 Å². The van der Waals surface area contributed by atoms with Crippen LogP contribution in [0.2, 0.25) is 0 Å². The summed E-state index contributed by atoms with van der Waals surface area (Å²) in [4.78, 5) is 25.9. The van der Waals surface area contributed by atoms with Crippen molar-refractivity contribution < 1.29 is 19.4 Å². The van der Waals surface area contributed by atoms with Crippen LogP contribution in [0.1, 0.15) is 31.8 Å². The Kier molecular flexibility index (Phi) is 4.20. The van der Waals surface area contributed by atoms with Gasteiger partial charge in [0, 0.05) is 15.6 Å². The number of phenols is 1. The molecule has 0 aliphatic heterocycles. The summed E-state index contributed by atoms with van der Waals surface area (Å²) < 4.78 is 5.92. The van der Waals surface area contributed by atoms with Crippen molar-refractivity contribution in [2.45, 2.75) is 0 Å². The fourth-order valence-electron chi connectivity index (χ4n) is 3.18. The standard InChI is InChI=1S/C21H14BrNO4/c1-27-11-6-7-15(14(22)10-11)23-16-8-9-17(24)19-18(16)20(25)12-4-2-3-5-13(12)21(19)26/h2-10,23-24H,1H3. The van der Waals surface area contributed by atoms with E-state index in [0.717, 1.165) is 4.47 Å². The fourth-order valence-corrected chi connectivity index (χ4v) is 3.64. The average molecular weight is 424 g/mol. The van der Waals surface area contributed by atoms with Crippen LogP contribution in [-0.4, -0.2) is 23.8 Å². The molecule has 4 rings (SSSR count). The van der Waals surface area contributed by atoms with Gasteiger partial charge in [0.1, 0.15) is 11.5 Å². The number of rotatable bonds is 3. The zero-order valence-electron chi connectivity index (χ0n) is 14.2. The Morgan fingerprint density at radius 2 is 1.52 bits per heavy atom. The van der Waals surface area contributed by atoms with Gasteiger partial charge in [-0.1, -0.05) is 24.3 Å². The molecule has 0 saturated carbocycles. The number of carbonyl (C=O) groups is 2. The maximum atomic E-state index is 13.1. The third-order valence-electron chi connectivity index (χ3n) is 4.50. The van der Waals surface area contributed by atoms with E-state index >= 15 is 0 Å². The minimum Gasteiger partial charge on any atom is -0.507 e. The van der Waals surface area contributed by atoms with E-state index in [1.165, 1.54) is 6.07 Å². The molecule has 0 radical (unpaired) electrons. The number of phenolic OH excluding ortho intramolecular Hbond substituents is 1. The molecule has 0 heterocycles. The zero-order valence-corrected chi connectivity index (χ0v) is 15.8. The molecule has 134 valence electrons. The van der Waals surface area contributed by atoms with Crippen LogP contribution >= 0.6 is 15.9 Å². The molecule has 0 spiro atoms. The predicted octanol–water partition coefficient (Wildman–Crippen LogP) is 4.68. The van der Waals surface area contributed by atoms with Crippen molar-refractivity contribution in [2.24, 2.45) is 0 Å². The maximum Gasteiger partial charge on any atom is 0.198 e. The summed E-state index contributed by atoms with van der Waals surface area (Å²) in [7, 11) is 1.58. The van der Waals surface area contributed by atoms with E-state index in [-0.39, 0.29) is 28.4 Å². The first-order valence-electron chi connectivity index (χ1n) is 8.16. The summed E-state index contributed by atoms with van der Waals surface area (Å²) in [5.74, 6) is -0.198. The molecule has 6 heteroatoms. The van der Waals surface area contributed by atoms with Crippen molar-refractivity contribution in [3.63, 3.8) is 0 Å². The first-order chi connectivity index (χ1) is 13.0. The highest BCUT2D eigenvalue weighted by Gasteiger charge is 2.34. The Bertz CT molecular complexity index is 1110. The maximum absolute atomic E-state index is 13.1. The van der Waals surface area contributed by atoms with E-state index in [0.29, 0.717) is 28.3 Å². The highest BCUT2D eigenvalue weighted by atomic mass is 79.9. The molecule has 0 unspecified atom stereocenters. The van der Waals surface area contributed by atoms with Crippen LogP contribution in [0, 0.1) is 0 Å². The monoisotopic (exact) mass is 423 g/mol. The fraction of sp³-hybridized carbons (Fsp3) is 0.0476. The van der Waals surface area contributed by atoms with Crippen molar-refractivity contribution in [2.75, 3.05) is 12.4 Å². The van der Waals surface area contributed by atoms with Gasteiger partial charge in [-0.05, 0) is 46.3 Å². The van der Waals surface area contributed by atoms with Crippen LogP contribution < -0.4 is 10.1 Å². The lowest BCUT2D eigenvalue weighted by Crippen LogP contribution is -2.22. The summed E-state index contributed by atoms with van der Waals surface area (Å²) in [5, 5.41) is 13.4. The minimum atomic E-state index is -0.366. The van der Waals surface area contributed by atoms with Gasteiger partial charge in [-0.25, -0.2) is 0 Å². The van der Waals surface area contributed by atoms with E-state index < -0.39 is 0 Å². The van der Waals surface area contributed by atoms with Crippen molar-refractivity contribution in [1.82, 2.24) is 0 Å². The van der Waals surface area contributed by atoms with Gasteiger partial charge in [0.2, 0.25) is 0 Å². The molecule has 5 nitrogen and oxygen atoms in total. The third-order valence-corrected chi connectivity index (χ3v) is 5.16. The number of carbonyl (C=O) groups excluding carboxylic acids is 2. The Morgan fingerprint density at radius 1 is 0.889 bits per heavy atom. The molecule has 0 atom stereocenters. The second-order valence-electron chi connectivity index (χ2n) is 6.06. The summed E-state index contributed by atoms with van der Waals surface area (Å²) in [6, 6.07) is 15.0. The normalized spacial score (nSPS) is 12.4. The van der Waals surface area contributed by atoms with Gasteiger partial charge in [-0.15, -0.1) is 0 Å². The summed E-state index contributed by atoms with van der Waals surface area (Å²) in [6.45, 7) is 0. The first-order valence-corrected chi connectivity index (χ1v) is 8.95. The van der Waals surface area contributed by atoms with Crippen LogP contribution in [0.3, 0.4) is 0 Å². The number of hydrogen-bond donors (Lipinski definition) is 2. The molecule has 3 aromatic rings. The highest BCUT2D eigenvalue weighted by molar-refractivity contribution is 9.10. The van der Waals surface area contributed by atoms with Crippen LogP contribution in [-0.2, 0) is 0 Å². The number of aromatic hydroxyl groups is 1. The van der Waals surface area contributed by atoms with Gasteiger partial charge in [0.15, 0.2) is 11.6 Å². The van der Waals surface area contributed by atoms with Crippen molar-refractivity contribution >= 4 is 38.9 Å². The molecule has 0 fully saturated rings. The van der Waals surface area contributed by atoms with Gasteiger partial charge < -0.3 is 15.2 Å². The summed E-state index contributed by atoms with van der Waals surface area (Å²) in [6.07, 6.45) is 0. The number of ether oxygens (including phenoxy) is 1. The number of hydrogen-bond acceptors (Lipinski definition) is 5. The Labute approximate surface area is 163 Å². The molecular weight excluding hydrogens is 410 g/mol. The molecule has 0 aromatic heterocycles. The minimum absolute atomic E-state index is 0.0216. The summed E-state index contributed by atoms with van der Waals surface area (Å²) >= 11 is 3.46. The number of benzene rings is 3. The topological polar surface area (TPSA) is 75.6 Å². The van der Waals surface area contributed by atoms with Gasteiger partial charge in [-0.2, -0.15) is 0 Å². The number of ketones is 2. The Morgan fingerprint density at radius 3 is 2.15 bits per heavy atom. The lowest BCUT2D eigenvalue weighted by atomic mass is 9.82. The molecule has 0 saturated heterocycles. The van der Waals surface area contributed by atoms with Crippen LogP contribution in [0.4, 0.5) is 11.4 Å². The zero-order chi connectivity index (χ0) is 19.1. The Balaban J connectivity index is 1.86. The molecule has 27 heavy (non-hydrogen) atoms. The molecule has 1 aliphatic carbocycles. The van der Waals surface area contributed by atoms with Crippen LogP contribution in [0.15, 0.2) is 59.1 Å². The van der Waals surface area contributed by atoms with E-state index in [1.807, 2.05) is 0 Å². The highest BCUT2D eigenvalue weighted by Crippen LogP contribution is 2.39. The lowest BCUT2D eigenvalue weighted by molar-refractivity contribution is 0.0977. The van der Waals surface area contributed by atoms with E-state index in [2.05, 4.69) is 21.2 Å². The second kappa shape index (κ2) is 6.55. The third kappa shape index (κ3) is 2.78. The molecule has 3 aromatic carbocycles. The van der Waals surface area contributed by atoms with E-state index in [4.69, 9.17) is 4.74 Å². The van der Waals surface area contributed by atoms with Crippen molar-refractivity contribution in [3.8, 4) is 11.5 Å². The van der Waals surface area contributed by atoms with Crippen LogP contribution in [0.5, 0.6) is 11.5 Å². The van der Waals surface area contributed by atoms with E-state index in [9.17, 15) is 14.7 Å². The molecular formula is C21H14BrNO4. The number of anilines is 2. The number of fused-ring (bicyclic) bond motifs is 2. The first kappa shape index (κ1) is 17.3. The molecule has 0 amide bonds. The van der Waals surface area contributed by atoms with Gasteiger partial charge in [-0.3, -0.25) is 9.59 Å². The SMILES string of the molecule is COc1ccc(Nc2ccc(O)c3c2C(=O)c2ccccc2C3=O)c(Br)c1.